The van der Waals surface area contributed by atoms with Crippen molar-refractivity contribution in [2.45, 2.75) is 38.1 Å². The van der Waals surface area contributed by atoms with E-state index in [0.717, 1.165) is 5.92 Å². The van der Waals surface area contributed by atoms with Crippen LogP contribution in [0, 0.1) is 5.92 Å². The number of hydrogen-bond donors (Lipinski definition) is 1. The van der Waals surface area contributed by atoms with Crippen LogP contribution in [-0.4, -0.2) is 12.1 Å². The van der Waals surface area contributed by atoms with E-state index < -0.39 is 0 Å². The molecule has 9 heavy (non-hydrogen) atoms. The van der Waals surface area contributed by atoms with Gasteiger partial charge in [-0.1, -0.05) is 19.8 Å². The zero-order valence-electron chi connectivity index (χ0n) is 6.11. The van der Waals surface area contributed by atoms with Crippen molar-refractivity contribution < 1.29 is 0 Å². The van der Waals surface area contributed by atoms with Crippen molar-refractivity contribution in [3.63, 3.8) is 0 Å². The van der Waals surface area contributed by atoms with Crippen LogP contribution in [0.5, 0.6) is 0 Å². The van der Waals surface area contributed by atoms with Crippen LogP contribution >= 0.6 is 0 Å². The van der Waals surface area contributed by atoms with E-state index in [2.05, 4.69) is 12.2 Å². The highest BCUT2D eigenvalue weighted by molar-refractivity contribution is 5.04. The molecule has 0 bridgehead atoms. The summed E-state index contributed by atoms with van der Waals surface area (Å²) < 4.78 is 0. The molecule has 0 amide bonds. The van der Waals surface area contributed by atoms with Crippen molar-refractivity contribution in [3.05, 3.63) is 0 Å². The SMILES string of the molecule is CC1CNC12CCCC2. The first-order valence-corrected chi connectivity index (χ1v) is 4.08. The fraction of sp³-hybridized carbons (Fsp3) is 1.00. The average molecular weight is 125 g/mol. The molecule has 0 aromatic heterocycles. The first-order chi connectivity index (χ1) is 4.33. The molecule has 1 heteroatoms. The maximum absolute atomic E-state index is 3.57. The second-order valence-electron chi connectivity index (χ2n) is 3.65. The number of hydrogen-bond acceptors (Lipinski definition) is 1. The predicted molar refractivity (Wildman–Crippen MR) is 38.4 cm³/mol. The molecule has 2 aliphatic rings. The fourth-order valence-corrected chi connectivity index (χ4v) is 2.27. The summed E-state index contributed by atoms with van der Waals surface area (Å²) in [6.45, 7) is 3.64. The van der Waals surface area contributed by atoms with Gasteiger partial charge >= 0.3 is 0 Å². The molecular weight excluding hydrogens is 110 g/mol. The summed E-state index contributed by atoms with van der Waals surface area (Å²) >= 11 is 0. The zero-order valence-corrected chi connectivity index (χ0v) is 6.11. The summed E-state index contributed by atoms with van der Waals surface area (Å²) in [4.78, 5) is 0. The van der Waals surface area contributed by atoms with E-state index in [4.69, 9.17) is 0 Å². The van der Waals surface area contributed by atoms with Crippen molar-refractivity contribution in [3.8, 4) is 0 Å². The molecule has 1 saturated heterocycles. The van der Waals surface area contributed by atoms with Crippen LogP contribution in [-0.2, 0) is 0 Å². The van der Waals surface area contributed by atoms with Crippen molar-refractivity contribution in [1.29, 1.82) is 0 Å². The maximum atomic E-state index is 3.57. The number of rotatable bonds is 0. The van der Waals surface area contributed by atoms with E-state index in [1.165, 1.54) is 32.2 Å². The van der Waals surface area contributed by atoms with E-state index in [1.807, 2.05) is 0 Å². The second kappa shape index (κ2) is 1.72. The van der Waals surface area contributed by atoms with Crippen molar-refractivity contribution in [2.75, 3.05) is 6.54 Å². The van der Waals surface area contributed by atoms with E-state index in [9.17, 15) is 0 Å². The largest absolute Gasteiger partial charge is 0.311 e. The van der Waals surface area contributed by atoms with Crippen molar-refractivity contribution in [2.24, 2.45) is 5.92 Å². The molecule has 1 aliphatic heterocycles. The third-order valence-electron chi connectivity index (χ3n) is 3.20. The third-order valence-corrected chi connectivity index (χ3v) is 3.20. The lowest BCUT2D eigenvalue weighted by Gasteiger charge is -2.47. The third kappa shape index (κ3) is 0.644. The quantitative estimate of drug-likeness (QED) is 0.518. The zero-order chi connectivity index (χ0) is 6.32. The van der Waals surface area contributed by atoms with Gasteiger partial charge in [0.25, 0.3) is 0 Å². The van der Waals surface area contributed by atoms with Gasteiger partial charge in [0.05, 0.1) is 0 Å². The smallest absolute Gasteiger partial charge is 0.0219 e. The van der Waals surface area contributed by atoms with Gasteiger partial charge in [0.1, 0.15) is 0 Å². The Hall–Kier alpha value is -0.0400. The van der Waals surface area contributed by atoms with Crippen LogP contribution < -0.4 is 5.32 Å². The fourth-order valence-electron chi connectivity index (χ4n) is 2.27. The first kappa shape index (κ1) is 5.72. The van der Waals surface area contributed by atoms with Gasteiger partial charge < -0.3 is 5.32 Å². The predicted octanol–water partition coefficient (Wildman–Crippen LogP) is 1.54. The molecule has 0 radical (unpaired) electrons. The molecule has 52 valence electrons. The van der Waals surface area contributed by atoms with Gasteiger partial charge in [0.2, 0.25) is 0 Å². The van der Waals surface area contributed by atoms with Gasteiger partial charge in [0, 0.05) is 5.54 Å². The van der Waals surface area contributed by atoms with Gasteiger partial charge in [0.15, 0.2) is 0 Å². The Kier molecular flexibility index (Phi) is 1.10. The van der Waals surface area contributed by atoms with Gasteiger partial charge in [-0.15, -0.1) is 0 Å². The molecule has 1 spiro atoms. The molecule has 1 heterocycles. The molecule has 1 unspecified atom stereocenters. The molecule has 0 aromatic carbocycles. The molecule has 0 aromatic rings. The summed E-state index contributed by atoms with van der Waals surface area (Å²) in [5.41, 5.74) is 0.625. The Labute approximate surface area is 56.8 Å². The Morgan fingerprint density at radius 1 is 1.33 bits per heavy atom. The Morgan fingerprint density at radius 3 is 2.22 bits per heavy atom. The molecule has 2 rings (SSSR count). The summed E-state index contributed by atoms with van der Waals surface area (Å²) in [5.74, 6) is 0.958. The van der Waals surface area contributed by atoms with Crippen LogP contribution in [0.4, 0.5) is 0 Å². The molecular formula is C8H15N. The minimum Gasteiger partial charge on any atom is -0.311 e. The van der Waals surface area contributed by atoms with Crippen molar-refractivity contribution in [1.82, 2.24) is 5.32 Å². The molecule has 1 N–H and O–H groups in total. The highest BCUT2D eigenvalue weighted by Crippen LogP contribution is 2.40. The molecule has 1 atom stereocenters. The Bertz CT molecular complexity index is 114. The lowest BCUT2D eigenvalue weighted by Crippen LogP contribution is -2.62. The van der Waals surface area contributed by atoms with Gasteiger partial charge in [-0.2, -0.15) is 0 Å². The van der Waals surface area contributed by atoms with E-state index >= 15 is 0 Å². The lowest BCUT2D eigenvalue weighted by molar-refractivity contribution is 0.122. The van der Waals surface area contributed by atoms with Crippen LogP contribution in [0.15, 0.2) is 0 Å². The second-order valence-corrected chi connectivity index (χ2v) is 3.65. The van der Waals surface area contributed by atoms with Crippen LogP contribution in [0.1, 0.15) is 32.6 Å². The standard InChI is InChI=1S/C8H15N/c1-7-6-9-8(7)4-2-3-5-8/h7,9H,2-6H2,1H3. The molecule has 1 nitrogen and oxygen atoms in total. The van der Waals surface area contributed by atoms with Crippen LogP contribution in [0.3, 0.4) is 0 Å². The summed E-state index contributed by atoms with van der Waals surface area (Å²) in [6, 6.07) is 0. The molecule has 1 saturated carbocycles. The topological polar surface area (TPSA) is 12.0 Å². The van der Waals surface area contributed by atoms with Gasteiger partial charge in [-0.25, -0.2) is 0 Å². The Balaban J connectivity index is 2.06. The highest BCUT2D eigenvalue weighted by Gasteiger charge is 2.44. The average Bonchev–Trinajstić information content (AvgIpc) is 2.34. The lowest BCUT2D eigenvalue weighted by atomic mass is 9.76. The minimum atomic E-state index is 0.625. The molecule has 1 aliphatic carbocycles. The van der Waals surface area contributed by atoms with Crippen LogP contribution in [0.25, 0.3) is 0 Å². The number of nitrogens with one attached hydrogen (secondary N) is 1. The van der Waals surface area contributed by atoms with Gasteiger partial charge in [-0.3, -0.25) is 0 Å². The van der Waals surface area contributed by atoms with E-state index in [1.54, 1.807) is 0 Å². The van der Waals surface area contributed by atoms with E-state index in [-0.39, 0.29) is 0 Å². The molecule has 2 fully saturated rings. The summed E-state index contributed by atoms with van der Waals surface area (Å²) in [5, 5.41) is 3.57. The van der Waals surface area contributed by atoms with Crippen LogP contribution in [0.2, 0.25) is 0 Å². The normalized spacial score (nSPS) is 39.0. The first-order valence-electron chi connectivity index (χ1n) is 4.08. The minimum absolute atomic E-state index is 0.625. The Morgan fingerprint density at radius 2 is 2.00 bits per heavy atom. The summed E-state index contributed by atoms with van der Waals surface area (Å²) in [7, 11) is 0. The highest BCUT2D eigenvalue weighted by atomic mass is 15.1. The van der Waals surface area contributed by atoms with Gasteiger partial charge in [-0.05, 0) is 25.3 Å². The monoisotopic (exact) mass is 125 g/mol. The van der Waals surface area contributed by atoms with E-state index in [0.29, 0.717) is 5.54 Å². The van der Waals surface area contributed by atoms with Crippen molar-refractivity contribution >= 4 is 0 Å². The maximum Gasteiger partial charge on any atom is 0.0219 e. The summed E-state index contributed by atoms with van der Waals surface area (Å²) in [6.07, 6.45) is 5.79.